The summed E-state index contributed by atoms with van der Waals surface area (Å²) in [6.45, 7) is 26.9. The lowest BCUT2D eigenvalue weighted by Gasteiger charge is -2.26. The molecule has 3 heterocycles. The molecule has 3 aliphatic rings. The van der Waals surface area contributed by atoms with E-state index in [1.165, 1.54) is 51.7 Å². The lowest BCUT2D eigenvalue weighted by Crippen LogP contribution is -2.35. The summed E-state index contributed by atoms with van der Waals surface area (Å²) in [5.41, 5.74) is 11.3. The normalized spacial score (nSPS) is 15.6. The van der Waals surface area contributed by atoms with Gasteiger partial charge in [0, 0.05) is 59.2 Å². The van der Waals surface area contributed by atoms with E-state index in [1.807, 2.05) is 84.9 Å². The highest BCUT2D eigenvalue weighted by atomic mass is 16.5. The van der Waals surface area contributed by atoms with Crippen molar-refractivity contribution in [1.82, 2.24) is 36.0 Å². The van der Waals surface area contributed by atoms with Gasteiger partial charge in [-0.2, -0.15) is 0 Å². The molecule has 0 spiro atoms. The number of urea groups is 4. The van der Waals surface area contributed by atoms with Gasteiger partial charge in [-0.25, -0.2) is 19.2 Å². The molecule has 0 radical (unpaired) electrons. The summed E-state index contributed by atoms with van der Waals surface area (Å²) in [4.78, 5) is 73.2. The van der Waals surface area contributed by atoms with Gasteiger partial charge in [0.2, 0.25) is 0 Å². The molecule has 6 N–H and O–H groups in total. The maximum Gasteiger partial charge on any atom is 0.324 e. The average Bonchev–Trinajstić information content (AvgIpc) is 3.99. The van der Waals surface area contributed by atoms with Crippen molar-refractivity contribution < 1.29 is 33.5 Å². The fraction of sp³-hybridized carbons (Fsp3) is 0.463. The first-order valence-electron chi connectivity index (χ1n) is 29.3. The molecular weight excluding hydrogens is 1040 g/mol. The standard InChI is InChI=1S/C15H23NO.C14H18N2O2.C13H16N2O2.C13H20N2O.C12H18N2O/c1-13(2)11-14-3-5-15(6-4-14)12-16-7-9-17-10-8-16;1-9(2)8-10-4-6-11(7-5-10)12-13(17)16(3)14(18)15-12;1-8(2)7-9-3-5-10(6-4-9)11-12(16)15-13(17)14-11;1-10(2)9-11-5-7-12(8-6-11)14-13(16)15(3)4;1-9(2)8-10-4-6-11(7-5-10)14-12(15)13-3/h3-6,13H,7-12H2,1-2H3;4-7,9,12H,8H2,1-3H3,(H,15,18);3-6,8,11H,7H2,1-2H3,(H2,14,15,16,17);5-8,10H,9H2,1-4H3,(H,14,16);4-7,9H,8H2,1-3H3,(H2,13,14,15). The lowest BCUT2D eigenvalue weighted by molar-refractivity contribution is -0.126. The van der Waals surface area contributed by atoms with Crippen molar-refractivity contribution in [2.75, 3.05) is 65.1 Å². The van der Waals surface area contributed by atoms with E-state index in [-0.39, 0.29) is 29.9 Å². The van der Waals surface area contributed by atoms with Crippen molar-refractivity contribution in [2.45, 2.75) is 120 Å². The van der Waals surface area contributed by atoms with Crippen LogP contribution < -0.4 is 31.9 Å². The first-order chi connectivity index (χ1) is 39.4. The van der Waals surface area contributed by atoms with Crippen LogP contribution in [-0.2, 0) is 53.0 Å². The topological polar surface area (TPSA) is 194 Å². The number of ether oxygens (including phenoxy) is 1. The van der Waals surface area contributed by atoms with Crippen LogP contribution in [0.5, 0.6) is 0 Å². The van der Waals surface area contributed by atoms with Crippen molar-refractivity contribution in [3.63, 3.8) is 0 Å². The van der Waals surface area contributed by atoms with E-state index in [4.69, 9.17) is 4.74 Å². The van der Waals surface area contributed by atoms with E-state index < -0.39 is 18.1 Å². The molecule has 450 valence electrons. The summed E-state index contributed by atoms with van der Waals surface area (Å²) in [7, 11) is 6.54. The summed E-state index contributed by atoms with van der Waals surface area (Å²) >= 11 is 0. The summed E-state index contributed by atoms with van der Waals surface area (Å²) in [5.74, 6) is 2.78. The van der Waals surface area contributed by atoms with Crippen molar-refractivity contribution in [3.05, 3.63) is 166 Å². The number of likely N-dealkylation sites (N-methyl/N-ethyl adjacent to an activating group) is 1. The largest absolute Gasteiger partial charge is 0.379 e. The first kappa shape index (κ1) is 67.9. The molecule has 83 heavy (non-hydrogen) atoms. The highest BCUT2D eigenvalue weighted by Crippen LogP contribution is 2.23. The van der Waals surface area contributed by atoms with Crippen LogP contribution in [-0.4, -0.2) is 105 Å². The van der Waals surface area contributed by atoms with Crippen LogP contribution in [0.4, 0.5) is 30.6 Å². The summed E-state index contributed by atoms with van der Waals surface area (Å²) in [6.07, 6.45) is 5.36. The van der Waals surface area contributed by atoms with Gasteiger partial charge in [-0.1, -0.05) is 166 Å². The SMILES string of the molecule is CC(C)Cc1ccc(C2NC(=O)N(C)C2=O)cc1.CC(C)Cc1ccc(C2NC(=O)NC2=O)cc1.CC(C)Cc1ccc(CN2CCOCC2)cc1.CC(C)Cc1ccc(NC(=O)N(C)C)cc1.CNC(=O)Nc1ccc(CC(C)C)cc1. The fourth-order valence-electron chi connectivity index (χ4n) is 9.18. The van der Waals surface area contributed by atoms with Gasteiger partial charge in [-0.3, -0.25) is 24.7 Å². The Morgan fingerprint density at radius 1 is 0.530 bits per heavy atom. The number of morpholine rings is 1. The second-order valence-electron chi connectivity index (χ2n) is 23.8. The quantitative estimate of drug-likeness (QED) is 0.0525. The molecule has 0 aromatic heterocycles. The molecule has 3 saturated heterocycles. The van der Waals surface area contributed by atoms with E-state index in [1.54, 1.807) is 21.1 Å². The number of hydrogen-bond donors (Lipinski definition) is 6. The molecule has 2 unspecified atom stereocenters. The third kappa shape index (κ3) is 25.2. The van der Waals surface area contributed by atoms with Crippen LogP contribution in [0.1, 0.15) is 126 Å². The Balaban J connectivity index is 0.000000223. The number of nitrogens with zero attached hydrogens (tertiary/aromatic N) is 3. The van der Waals surface area contributed by atoms with Gasteiger partial charge < -0.3 is 36.2 Å². The third-order valence-electron chi connectivity index (χ3n) is 13.4. The zero-order valence-corrected chi connectivity index (χ0v) is 51.9. The third-order valence-corrected chi connectivity index (χ3v) is 13.4. The number of imide groups is 2. The number of carbonyl (C=O) groups is 6. The van der Waals surface area contributed by atoms with Crippen LogP contribution in [0.2, 0.25) is 0 Å². The second-order valence-corrected chi connectivity index (χ2v) is 23.8. The summed E-state index contributed by atoms with van der Waals surface area (Å²) < 4.78 is 5.36. The Hall–Kier alpha value is -7.56. The molecule has 0 saturated carbocycles. The van der Waals surface area contributed by atoms with E-state index in [2.05, 4.69) is 142 Å². The Labute approximate surface area is 495 Å². The molecule has 0 aliphatic carbocycles. The number of rotatable bonds is 16. The number of carbonyl (C=O) groups excluding carboxylic acids is 6. The van der Waals surface area contributed by atoms with Crippen LogP contribution in [0.3, 0.4) is 0 Å². The number of nitrogens with one attached hydrogen (secondary N) is 6. The van der Waals surface area contributed by atoms with Gasteiger partial charge in [-0.15, -0.1) is 0 Å². The van der Waals surface area contributed by atoms with Gasteiger partial charge in [0.25, 0.3) is 11.8 Å². The zero-order chi connectivity index (χ0) is 61.2. The van der Waals surface area contributed by atoms with Crippen molar-refractivity contribution in [2.24, 2.45) is 29.6 Å². The molecule has 8 rings (SSSR count). The van der Waals surface area contributed by atoms with Gasteiger partial charge in [0.15, 0.2) is 0 Å². The molecule has 3 aliphatic heterocycles. The van der Waals surface area contributed by atoms with Crippen LogP contribution >= 0.6 is 0 Å². The maximum absolute atomic E-state index is 11.8. The molecule has 10 amide bonds. The van der Waals surface area contributed by atoms with Crippen LogP contribution in [0, 0.1) is 29.6 Å². The maximum atomic E-state index is 11.8. The predicted molar refractivity (Wildman–Crippen MR) is 335 cm³/mol. The molecule has 3 fully saturated rings. The van der Waals surface area contributed by atoms with Crippen LogP contribution in [0.15, 0.2) is 121 Å². The van der Waals surface area contributed by atoms with Gasteiger partial charge >= 0.3 is 24.1 Å². The minimum absolute atomic E-state index is 0.100. The van der Waals surface area contributed by atoms with E-state index >= 15 is 0 Å². The minimum atomic E-state index is -0.546. The van der Waals surface area contributed by atoms with E-state index in [9.17, 15) is 28.8 Å². The monoisotopic (exact) mass is 1140 g/mol. The summed E-state index contributed by atoms with van der Waals surface area (Å²) in [6, 6.07) is 38.6. The van der Waals surface area contributed by atoms with Crippen LogP contribution in [0.25, 0.3) is 0 Å². The van der Waals surface area contributed by atoms with Gasteiger partial charge in [-0.05, 0) is 130 Å². The Bertz CT molecular complexity index is 2770. The second kappa shape index (κ2) is 34.8. The Kier molecular flexibility index (Phi) is 28.5. The Morgan fingerprint density at radius 2 is 0.892 bits per heavy atom. The highest BCUT2D eigenvalue weighted by Gasteiger charge is 2.36. The number of benzene rings is 5. The van der Waals surface area contributed by atoms with Gasteiger partial charge in [0.05, 0.1) is 13.2 Å². The van der Waals surface area contributed by atoms with Crippen molar-refractivity contribution >= 4 is 47.3 Å². The average molecular weight is 1140 g/mol. The smallest absolute Gasteiger partial charge is 0.324 e. The van der Waals surface area contributed by atoms with Crippen molar-refractivity contribution in [3.8, 4) is 0 Å². The predicted octanol–water partition coefficient (Wildman–Crippen LogP) is 12.2. The molecule has 5 aromatic rings. The number of hydrogen-bond acceptors (Lipinski definition) is 8. The molecule has 16 nitrogen and oxygen atoms in total. The Morgan fingerprint density at radius 3 is 1.23 bits per heavy atom. The zero-order valence-electron chi connectivity index (χ0n) is 51.9. The fourth-order valence-corrected chi connectivity index (χ4v) is 9.18. The first-order valence-corrected chi connectivity index (χ1v) is 29.3. The molecular formula is C67H95N9O7. The highest BCUT2D eigenvalue weighted by molar-refractivity contribution is 6.05. The lowest BCUT2D eigenvalue weighted by atomic mass is 9.99. The number of amides is 10. The van der Waals surface area contributed by atoms with E-state index in [0.29, 0.717) is 23.7 Å². The minimum Gasteiger partial charge on any atom is -0.379 e. The molecule has 16 heteroatoms. The van der Waals surface area contributed by atoms with Gasteiger partial charge in [0.1, 0.15) is 12.1 Å². The molecule has 0 bridgehead atoms. The van der Waals surface area contributed by atoms with Crippen molar-refractivity contribution in [1.29, 1.82) is 0 Å². The number of anilines is 2. The molecule has 5 aromatic carbocycles. The molecule has 2 atom stereocenters. The van der Waals surface area contributed by atoms with E-state index in [0.717, 1.165) is 91.9 Å². The summed E-state index contributed by atoms with van der Waals surface area (Å²) in [5, 5.41) is 15.5.